The standard InChI is InChI=1S/C22H21FN2O4/c23-14-9-10-18-17(12-14)19(20(29-18)21(24)26)25-22(27)13-5-4-8-16(11-13)28-15-6-2-1-3-7-15/h4-5,8-12,15H,1-3,6-7H2,(H2,24,26)(H,25,27). The highest BCUT2D eigenvalue weighted by molar-refractivity contribution is 6.14. The molecule has 6 nitrogen and oxygen atoms in total. The van der Waals surface area contributed by atoms with Crippen molar-refractivity contribution in [2.75, 3.05) is 5.32 Å². The van der Waals surface area contributed by atoms with Gasteiger partial charge in [0.2, 0.25) is 5.76 Å². The van der Waals surface area contributed by atoms with Crippen LogP contribution in [-0.4, -0.2) is 17.9 Å². The Hall–Kier alpha value is -3.35. The summed E-state index contributed by atoms with van der Waals surface area (Å²) >= 11 is 0. The lowest BCUT2D eigenvalue weighted by atomic mass is 9.98. The van der Waals surface area contributed by atoms with Crippen molar-refractivity contribution >= 4 is 28.5 Å². The molecule has 2 aromatic carbocycles. The number of furan rings is 1. The van der Waals surface area contributed by atoms with Crippen molar-refractivity contribution in [2.24, 2.45) is 5.73 Å². The number of rotatable bonds is 5. The first-order chi connectivity index (χ1) is 14.0. The van der Waals surface area contributed by atoms with E-state index in [0.717, 1.165) is 25.7 Å². The van der Waals surface area contributed by atoms with Crippen LogP contribution in [0.2, 0.25) is 0 Å². The predicted molar refractivity (Wildman–Crippen MR) is 107 cm³/mol. The van der Waals surface area contributed by atoms with Crippen molar-refractivity contribution < 1.29 is 23.1 Å². The number of anilines is 1. The lowest BCUT2D eigenvalue weighted by Gasteiger charge is -2.23. The Morgan fingerprint density at radius 2 is 1.90 bits per heavy atom. The fourth-order valence-electron chi connectivity index (χ4n) is 3.64. The molecule has 3 N–H and O–H groups in total. The summed E-state index contributed by atoms with van der Waals surface area (Å²) in [7, 11) is 0. The number of ether oxygens (including phenoxy) is 1. The molecule has 0 saturated heterocycles. The van der Waals surface area contributed by atoms with E-state index >= 15 is 0 Å². The largest absolute Gasteiger partial charge is 0.490 e. The maximum Gasteiger partial charge on any atom is 0.286 e. The summed E-state index contributed by atoms with van der Waals surface area (Å²) < 4.78 is 25.1. The molecule has 1 heterocycles. The number of carbonyl (C=O) groups is 2. The molecule has 7 heteroatoms. The van der Waals surface area contributed by atoms with E-state index in [4.69, 9.17) is 14.9 Å². The molecular formula is C22H21FN2O4. The lowest BCUT2D eigenvalue weighted by molar-refractivity contribution is 0.0977. The molecule has 0 unspecified atom stereocenters. The Balaban J connectivity index is 1.59. The van der Waals surface area contributed by atoms with Gasteiger partial charge in [0.15, 0.2) is 0 Å². The highest BCUT2D eigenvalue weighted by Gasteiger charge is 2.22. The molecule has 0 atom stereocenters. The van der Waals surface area contributed by atoms with Crippen LogP contribution in [0.1, 0.15) is 53.0 Å². The van der Waals surface area contributed by atoms with E-state index in [9.17, 15) is 14.0 Å². The number of carbonyl (C=O) groups excluding carboxylic acids is 2. The third-order valence-corrected chi connectivity index (χ3v) is 5.06. The maximum atomic E-state index is 13.7. The average Bonchev–Trinajstić information content (AvgIpc) is 3.07. The minimum absolute atomic E-state index is 0.0515. The summed E-state index contributed by atoms with van der Waals surface area (Å²) in [6.07, 6.45) is 5.68. The number of primary amides is 1. The maximum absolute atomic E-state index is 13.7. The zero-order valence-electron chi connectivity index (χ0n) is 15.7. The SMILES string of the molecule is NC(=O)c1oc2ccc(F)cc2c1NC(=O)c1cccc(OC2CCCCC2)c1. The van der Waals surface area contributed by atoms with Gasteiger partial charge in [0.05, 0.1) is 6.10 Å². The number of benzene rings is 2. The van der Waals surface area contributed by atoms with E-state index in [1.807, 2.05) is 6.07 Å². The van der Waals surface area contributed by atoms with Gasteiger partial charge in [-0.05, 0) is 62.1 Å². The van der Waals surface area contributed by atoms with Crippen molar-refractivity contribution in [3.8, 4) is 5.75 Å². The van der Waals surface area contributed by atoms with Gasteiger partial charge in [-0.2, -0.15) is 0 Å². The molecule has 0 radical (unpaired) electrons. The molecule has 0 bridgehead atoms. The summed E-state index contributed by atoms with van der Waals surface area (Å²) in [5.74, 6) is -1.47. The minimum Gasteiger partial charge on any atom is -0.490 e. The van der Waals surface area contributed by atoms with Crippen molar-refractivity contribution in [3.05, 3.63) is 59.6 Å². The Morgan fingerprint density at radius 1 is 1.10 bits per heavy atom. The van der Waals surface area contributed by atoms with Crippen molar-refractivity contribution in [1.29, 1.82) is 0 Å². The fourth-order valence-corrected chi connectivity index (χ4v) is 3.64. The van der Waals surface area contributed by atoms with Gasteiger partial charge in [0.1, 0.15) is 22.8 Å². The van der Waals surface area contributed by atoms with Gasteiger partial charge in [-0.1, -0.05) is 12.5 Å². The fraction of sp³-hybridized carbons (Fsp3) is 0.273. The molecule has 1 fully saturated rings. The number of fused-ring (bicyclic) bond motifs is 1. The molecular weight excluding hydrogens is 375 g/mol. The first kappa shape index (κ1) is 19.0. The quantitative estimate of drug-likeness (QED) is 0.657. The molecule has 0 spiro atoms. The number of nitrogens with one attached hydrogen (secondary N) is 1. The van der Waals surface area contributed by atoms with Crippen LogP contribution >= 0.6 is 0 Å². The van der Waals surface area contributed by atoms with E-state index < -0.39 is 17.6 Å². The van der Waals surface area contributed by atoms with Crippen LogP contribution in [0.25, 0.3) is 11.0 Å². The summed E-state index contributed by atoms with van der Waals surface area (Å²) in [5.41, 5.74) is 6.01. The van der Waals surface area contributed by atoms with Crippen LogP contribution in [0, 0.1) is 5.82 Å². The third kappa shape index (κ3) is 4.08. The topological polar surface area (TPSA) is 94.6 Å². The van der Waals surface area contributed by atoms with Crippen molar-refractivity contribution in [2.45, 2.75) is 38.2 Å². The van der Waals surface area contributed by atoms with Crippen molar-refractivity contribution in [3.63, 3.8) is 0 Å². The van der Waals surface area contributed by atoms with E-state index in [-0.39, 0.29) is 28.5 Å². The Morgan fingerprint density at radius 3 is 2.66 bits per heavy atom. The molecule has 1 aliphatic rings. The lowest BCUT2D eigenvalue weighted by Crippen LogP contribution is -2.20. The molecule has 29 heavy (non-hydrogen) atoms. The van der Waals surface area contributed by atoms with E-state index in [2.05, 4.69) is 5.32 Å². The van der Waals surface area contributed by atoms with Crippen molar-refractivity contribution in [1.82, 2.24) is 0 Å². The molecule has 150 valence electrons. The summed E-state index contributed by atoms with van der Waals surface area (Å²) in [4.78, 5) is 24.5. The predicted octanol–water partition coefficient (Wildman–Crippen LogP) is 4.63. The molecule has 3 aromatic rings. The second-order valence-electron chi connectivity index (χ2n) is 7.17. The second kappa shape index (κ2) is 7.95. The minimum atomic E-state index is -0.855. The van der Waals surface area contributed by atoms with Gasteiger partial charge < -0.3 is 20.2 Å². The number of halogens is 1. The number of hydrogen-bond donors (Lipinski definition) is 2. The third-order valence-electron chi connectivity index (χ3n) is 5.06. The number of amides is 2. The Bertz CT molecular complexity index is 1070. The molecule has 0 aliphatic heterocycles. The molecule has 4 rings (SSSR count). The summed E-state index contributed by atoms with van der Waals surface area (Å²) in [6.45, 7) is 0. The Labute approximate surface area is 166 Å². The first-order valence-corrected chi connectivity index (χ1v) is 9.61. The average molecular weight is 396 g/mol. The van der Waals surface area contributed by atoms with E-state index in [1.165, 1.54) is 24.6 Å². The van der Waals surface area contributed by atoms with Gasteiger partial charge in [0, 0.05) is 10.9 Å². The van der Waals surface area contributed by atoms with Gasteiger partial charge in [-0.15, -0.1) is 0 Å². The molecule has 2 amide bonds. The zero-order chi connectivity index (χ0) is 20.4. The van der Waals surface area contributed by atoms with Crippen LogP contribution in [0.3, 0.4) is 0 Å². The molecule has 1 aliphatic carbocycles. The first-order valence-electron chi connectivity index (χ1n) is 9.61. The smallest absolute Gasteiger partial charge is 0.286 e. The van der Waals surface area contributed by atoms with Gasteiger partial charge >= 0.3 is 0 Å². The van der Waals surface area contributed by atoms with Gasteiger partial charge in [-0.3, -0.25) is 9.59 Å². The zero-order valence-corrected chi connectivity index (χ0v) is 15.7. The van der Waals surface area contributed by atoms with Crippen LogP contribution in [0.15, 0.2) is 46.9 Å². The van der Waals surface area contributed by atoms with E-state index in [0.29, 0.717) is 11.3 Å². The Kier molecular flexibility index (Phi) is 5.20. The summed E-state index contributed by atoms with van der Waals surface area (Å²) in [6, 6.07) is 10.6. The van der Waals surface area contributed by atoms with Crippen LogP contribution in [0.5, 0.6) is 5.75 Å². The van der Waals surface area contributed by atoms with Gasteiger partial charge in [0.25, 0.3) is 11.8 Å². The number of nitrogens with two attached hydrogens (primary N) is 1. The highest BCUT2D eigenvalue weighted by atomic mass is 19.1. The number of hydrogen-bond acceptors (Lipinski definition) is 4. The van der Waals surface area contributed by atoms with E-state index in [1.54, 1.807) is 18.2 Å². The van der Waals surface area contributed by atoms with Gasteiger partial charge in [-0.25, -0.2) is 4.39 Å². The molecule has 1 aromatic heterocycles. The monoisotopic (exact) mass is 396 g/mol. The second-order valence-corrected chi connectivity index (χ2v) is 7.17. The van der Waals surface area contributed by atoms with Crippen LogP contribution in [0.4, 0.5) is 10.1 Å². The molecule has 1 saturated carbocycles. The van der Waals surface area contributed by atoms with Crippen LogP contribution < -0.4 is 15.8 Å². The highest BCUT2D eigenvalue weighted by Crippen LogP contribution is 2.32. The van der Waals surface area contributed by atoms with Crippen LogP contribution in [-0.2, 0) is 0 Å². The normalized spacial score (nSPS) is 14.7. The summed E-state index contributed by atoms with van der Waals surface area (Å²) in [5, 5.41) is 2.90.